The molecule has 1 unspecified atom stereocenters. The maximum Gasteiger partial charge on any atom is 0.406 e. The van der Waals surface area contributed by atoms with Gasteiger partial charge in [0.15, 0.2) is 0 Å². The van der Waals surface area contributed by atoms with Crippen LogP contribution in [-0.2, 0) is 6.42 Å². The van der Waals surface area contributed by atoms with Crippen LogP contribution in [-0.4, -0.2) is 22.8 Å². The summed E-state index contributed by atoms with van der Waals surface area (Å²) in [6.07, 6.45) is -1.62. The van der Waals surface area contributed by atoms with Gasteiger partial charge in [0.1, 0.15) is 17.7 Å². The number of halogens is 2. The van der Waals surface area contributed by atoms with Crippen molar-refractivity contribution in [1.82, 2.24) is 10.4 Å². The Bertz CT molecular complexity index is 767. The predicted molar refractivity (Wildman–Crippen MR) is 87.5 cm³/mol. The minimum Gasteiger partial charge on any atom is -0.465 e. The van der Waals surface area contributed by atoms with E-state index in [0.29, 0.717) is 29.3 Å². The van der Waals surface area contributed by atoms with Gasteiger partial charge in [-0.3, -0.25) is 5.32 Å². The molecule has 5 nitrogen and oxygen atoms in total. The molecule has 2 N–H and O–H groups in total. The molecule has 7 heteroatoms. The fourth-order valence-corrected chi connectivity index (χ4v) is 2.98. The number of fused-ring (bicyclic) bond motifs is 1. The van der Waals surface area contributed by atoms with Crippen molar-refractivity contribution in [3.05, 3.63) is 63.9 Å². The fraction of sp³-hybridized carbons (Fsp3) is 0.235. The van der Waals surface area contributed by atoms with Gasteiger partial charge in [0.05, 0.1) is 0 Å². The first-order valence-corrected chi connectivity index (χ1v) is 7.81. The van der Waals surface area contributed by atoms with Crippen LogP contribution >= 0.6 is 11.6 Å². The number of nitrogens with zero attached hydrogens (tertiary/aromatic N) is 1. The smallest absolute Gasteiger partial charge is 0.406 e. The minimum absolute atomic E-state index is 0.303. The van der Waals surface area contributed by atoms with Crippen molar-refractivity contribution >= 4 is 17.7 Å². The van der Waals surface area contributed by atoms with Gasteiger partial charge in [0, 0.05) is 17.1 Å². The van der Waals surface area contributed by atoms with E-state index in [1.165, 1.54) is 11.1 Å². The molecule has 0 fully saturated rings. The number of carboxylic acid groups (broad SMARTS) is 1. The molecule has 0 bridgehead atoms. The Hall–Kier alpha value is -2.31. The number of rotatable bonds is 3. The van der Waals surface area contributed by atoms with Crippen LogP contribution in [0.2, 0.25) is 5.02 Å². The molecular formula is C17H16ClFN2O3. The van der Waals surface area contributed by atoms with Crippen LogP contribution < -0.4 is 10.2 Å². The maximum absolute atomic E-state index is 14.4. The fourth-order valence-electron chi connectivity index (χ4n) is 2.86. The molecule has 0 aromatic heterocycles. The SMILES string of the molecule is Cc1ccc(F)c2c1CCN(Oc1ccc(Cl)cc1)C2NC(=O)O. The summed E-state index contributed by atoms with van der Waals surface area (Å²) in [5, 5.41) is 13.5. The van der Waals surface area contributed by atoms with Crippen molar-refractivity contribution in [2.24, 2.45) is 0 Å². The zero-order valence-electron chi connectivity index (χ0n) is 12.9. The molecule has 1 amide bonds. The third kappa shape index (κ3) is 3.29. The molecule has 126 valence electrons. The maximum atomic E-state index is 14.4. The van der Waals surface area contributed by atoms with Gasteiger partial charge in [0.25, 0.3) is 0 Å². The third-order valence-corrected chi connectivity index (χ3v) is 4.23. The Morgan fingerprint density at radius 3 is 2.71 bits per heavy atom. The van der Waals surface area contributed by atoms with E-state index in [1.807, 2.05) is 6.92 Å². The van der Waals surface area contributed by atoms with Crippen molar-refractivity contribution in [2.75, 3.05) is 6.54 Å². The molecule has 1 heterocycles. The van der Waals surface area contributed by atoms with E-state index < -0.39 is 18.1 Å². The zero-order valence-corrected chi connectivity index (χ0v) is 13.7. The summed E-state index contributed by atoms with van der Waals surface area (Å²) in [5.74, 6) is 0.0341. The van der Waals surface area contributed by atoms with Crippen LogP contribution in [0.15, 0.2) is 36.4 Å². The van der Waals surface area contributed by atoms with Crippen LogP contribution in [0.25, 0.3) is 0 Å². The van der Waals surface area contributed by atoms with Gasteiger partial charge in [0.2, 0.25) is 0 Å². The predicted octanol–water partition coefficient (Wildman–Crippen LogP) is 3.91. The molecule has 0 saturated heterocycles. The van der Waals surface area contributed by atoms with Crippen LogP contribution in [0.1, 0.15) is 22.9 Å². The average Bonchev–Trinajstić information content (AvgIpc) is 2.54. The number of nitrogens with one attached hydrogen (secondary N) is 1. The van der Waals surface area contributed by atoms with Crippen molar-refractivity contribution in [3.63, 3.8) is 0 Å². The number of carbonyl (C=O) groups is 1. The van der Waals surface area contributed by atoms with Crippen LogP contribution in [0.5, 0.6) is 5.75 Å². The van der Waals surface area contributed by atoms with Crippen LogP contribution in [0.3, 0.4) is 0 Å². The van der Waals surface area contributed by atoms with Gasteiger partial charge in [-0.05, 0) is 54.8 Å². The number of hydroxylamine groups is 2. The molecule has 3 rings (SSSR count). The number of benzene rings is 2. The van der Waals surface area contributed by atoms with Gasteiger partial charge in [-0.15, -0.1) is 5.06 Å². The van der Waals surface area contributed by atoms with Crippen LogP contribution in [0.4, 0.5) is 9.18 Å². The Labute approximate surface area is 143 Å². The number of hydrogen-bond donors (Lipinski definition) is 2. The summed E-state index contributed by atoms with van der Waals surface area (Å²) in [6, 6.07) is 9.71. The molecule has 1 aliphatic rings. The van der Waals surface area contributed by atoms with Crippen LogP contribution in [0, 0.1) is 12.7 Å². The van der Waals surface area contributed by atoms with Crippen molar-refractivity contribution < 1.29 is 19.1 Å². The lowest BCUT2D eigenvalue weighted by Gasteiger charge is -2.36. The Morgan fingerprint density at radius 1 is 1.33 bits per heavy atom. The average molecular weight is 351 g/mol. The first-order valence-electron chi connectivity index (χ1n) is 7.43. The van der Waals surface area contributed by atoms with E-state index in [-0.39, 0.29) is 0 Å². The van der Waals surface area contributed by atoms with E-state index in [0.717, 1.165) is 11.1 Å². The lowest BCUT2D eigenvalue weighted by molar-refractivity contribution is -0.111. The Kier molecular flexibility index (Phi) is 4.59. The topological polar surface area (TPSA) is 61.8 Å². The first kappa shape index (κ1) is 16.5. The van der Waals surface area contributed by atoms with E-state index in [4.69, 9.17) is 21.5 Å². The summed E-state index contributed by atoms with van der Waals surface area (Å²) in [4.78, 5) is 16.9. The molecule has 1 atom stereocenters. The highest BCUT2D eigenvalue weighted by atomic mass is 35.5. The van der Waals surface area contributed by atoms with E-state index in [1.54, 1.807) is 30.3 Å². The molecular weight excluding hydrogens is 335 g/mol. The summed E-state index contributed by atoms with van der Waals surface area (Å²) >= 11 is 5.85. The number of aryl methyl sites for hydroxylation is 1. The molecule has 1 aliphatic heterocycles. The first-order chi connectivity index (χ1) is 11.5. The molecule has 0 saturated carbocycles. The number of amides is 1. The van der Waals surface area contributed by atoms with Gasteiger partial charge in [-0.2, -0.15) is 0 Å². The summed E-state index contributed by atoms with van der Waals surface area (Å²) in [7, 11) is 0. The summed E-state index contributed by atoms with van der Waals surface area (Å²) in [5.41, 5.74) is 2.04. The minimum atomic E-state index is -1.25. The second-order valence-corrected chi connectivity index (χ2v) is 5.98. The highest BCUT2D eigenvalue weighted by molar-refractivity contribution is 6.30. The normalized spacial score (nSPS) is 17.2. The summed E-state index contributed by atoms with van der Waals surface area (Å²) in [6.45, 7) is 2.30. The Balaban J connectivity index is 1.96. The van der Waals surface area contributed by atoms with Gasteiger partial charge < -0.3 is 9.94 Å². The van der Waals surface area contributed by atoms with Crippen molar-refractivity contribution in [3.8, 4) is 5.75 Å². The third-order valence-electron chi connectivity index (χ3n) is 3.98. The van der Waals surface area contributed by atoms with Gasteiger partial charge in [-0.1, -0.05) is 17.7 Å². The standard InChI is InChI=1S/C17H16ClFN2O3/c1-10-2-7-14(19)15-13(10)8-9-21(16(15)20-17(22)23)24-12-5-3-11(18)4-6-12/h2-7,16,20H,8-9H2,1H3,(H,22,23). The highest BCUT2D eigenvalue weighted by Crippen LogP contribution is 2.33. The lowest BCUT2D eigenvalue weighted by Crippen LogP contribution is -2.47. The van der Waals surface area contributed by atoms with E-state index in [2.05, 4.69) is 5.32 Å². The zero-order chi connectivity index (χ0) is 17.3. The lowest BCUT2D eigenvalue weighted by atomic mass is 9.93. The van der Waals surface area contributed by atoms with Gasteiger partial charge in [-0.25, -0.2) is 9.18 Å². The second kappa shape index (κ2) is 6.67. The number of hydrogen-bond acceptors (Lipinski definition) is 3. The Morgan fingerprint density at radius 2 is 2.04 bits per heavy atom. The molecule has 0 spiro atoms. The molecule has 2 aromatic rings. The van der Waals surface area contributed by atoms with Crippen molar-refractivity contribution in [1.29, 1.82) is 0 Å². The molecule has 2 aromatic carbocycles. The highest BCUT2D eigenvalue weighted by Gasteiger charge is 2.33. The largest absolute Gasteiger partial charge is 0.465 e. The molecule has 0 radical (unpaired) electrons. The molecule has 0 aliphatic carbocycles. The van der Waals surface area contributed by atoms with E-state index >= 15 is 0 Å². The molecule has 24 heavy (non-hydrogen) atoms. The summed E-state index contributed by atoms with van der Waals surface area (Å²) < 4.78 is 14.4. The second-order valence-electron chi connectivity index (χ2n) is 5.54. The van der Waals surface area contributed by atoms with Gasteiger partial charge >= 0.3 is 6.09 Å². The quantitative estimate of drug-likeness (QED) is 0.881. The van der Waals surface area contributed by atoms with E-state index in [9.17, 15) is 9.18 Å². The van der Waals surface area contributed by atoms with Crippen molar-refractivity contribution in [2.45, 2.75) is 19.5 Å². The monoisotopic (exact) mass is 350 g/mol.